The summed E-state index contributed by atoms with van der Waals surface area (Å²) < 4.78 is 25.7. The monoisotopic (exact) mass is 482 g/mol. The largest absolute Gasteiger partial charge is 0.481 e. The minimum Gasteiger partial charge on any atom is -0.481 e. The van der Waals surface area contributed by atoms with Gasteiger partial charge in [0.15, 0.2) is 0 Å². The number of hydrogen-bond acceptors (Lipinski definition) is 7. The third-order valence-corrected chi connectivity index (χ3v) is 6.85. The van der Waals surface area contributed by atoms with Gasteiger partial charge < -0.3 is 21.5 Å². The molecule has 1 aromatic rings. The maximum Gasteiger partial charge on any atom is 0.303 e. The Hall–Kier alpha value is -3.48. The molecule has 1 aliphatic rings. The summed E-state index contributed by atoms with van der Waals surface area (Å²) in [5, 5.41) is 13.4. The molecular weight excluding hydrogens is 456 g/mol. The number of hydrogen-bond donors (Lipinski definition) is 4. The average molecular weight is 483 g/mol. The average Bonchev–Trinajstić information content (AvgIpc) is 2.93. The quantitative estimate of drug-likeness (QED) is 0.282. The van der Waals surface area contributed by atoms with E-state index in [0.29, 0.717) is 0 Å². The van der Waals surface area contributed by atoms with Gasteiger partial charge in [0.25, 0.3) is 15.9 Å². The van der Waals surface area contributed by atoms with E-state index >= 15 is 0 Å². The van der Waals surface area contributed by atoms with Gasteiger partial charge in [0.1, 0.15) is 17.0 Å². The second-order valence-corrected chi connectivity index (χ2v) is 9.35. The summed E-state index contributed by atoms with van der Waals surface area (Å²) in [4.78, 5) is 58.6. The number of carboxylic acid groups (broad SMARTS) is 1. The van der Waals surface area contributed by atoms with Crippen molar-refractivity contribution in [1.29, 1.82) is 0 Å². The highest BCUT2D eigenvalue weighted by atomic mass is 32.2. The van der Waals surface area contributed by atoms with Crippen LogP contribution >= 0.6 is 0 Å². The zero-order chi connectivity index (χ0) is 24.8. The summed E-state index contributed by atoms with van der Waals surface area (Å²) in [6, 6.07) is 3.73. The van der Waals surface area contributed by atoms with Crippen LogP contribution in [0.1, 0.15) is 49.4 Å². The number of benzene rings is 1. The van der Waals surface area contributed by atoms with Gasteiger partial charge in [-0.1, -0.05) is 12.1 Å². The Morgan fingerprint density at radius 1 is 1.09 bits per heavy atom. The van der Waals surface area contributed by atoms with E-state index in [1.807, 2.05) is 0 Å². The third kappa shape index (κ3) is 6.51. The SMILES string of the molecule is C[C@@H](NC(=O)CCCCN1C(=O)c2ccccc2S1(=O)=O)C(=O)N[C@H](CCC(=O)O)C(N)=O. The van der Waals surface area contributed by atoms with Crippen LogP contribution in [0, 0.1) is 0 Å². The molecule has 0 fully saturated rings. The molecule has 4 amide bonds. The Morgan fingerprint density at radius 3 is 2.36 bits per heavy atom. The summed E-state index contributed by atoms with van der Waals surface area (Å²) >= 11 is 0. The number of unbranched alkanes of at least 4 members (excludes halogenated alkanes) is 1. The summed E-state index contributed by atoms with van der Waals surface area (Å²) in [6.07, 6.45) is -0.0663. The molecule has 0 saturated heterocycles. The first kappa shape index (κ1) is 25.8. The number of nitrogens with two attached hydrogens (primary N) is 1. The van der Waals surface area contributed by atoms with Crippen LogP contribution in [-0.2, 0) is 29.2 Å². The number of carbonyl (C=O) groups excluding carboxylic acids is 4. The van der Waals surface area contributed by atoms with Gasteiger partial charge in [0, 0.05) is 19.4 Å². The van der Waals surface area contributed by atoms with Crippen LogP contribution in [0.5, 0.6) is 0 Å². The number of sulfonamides is 1. The molecule has 0 aromatic heterocycles. The van der Waals surface area contributed by atoms with Crippen LogP contribution < -0.4 is 16.4 Å². The van der Waals surface area contributed by atoms with Gasteiger partial charge in [-0.15, -0.1) is 0 Å². The van der Waals surface area contributed by atoms with Crippen molar-refractivity contribution in [2.75, 3.05) is 6.54 Å². The lowest BCUT2D eigenvalue weighted by atomic mass is 10.1. The Labute approximate surface area is 190 Å². The molecule has 33 heavy (non-hydrogen) atoms. The summed E-state index contributed by atoms with van der Waals surface area (Å²) in [5.74, 6) is -3.84. The predicted molar refractivity (Wildman–Crippen MR) is 114 cm³/mol. The van der Waals surface area contributed by atoms with Crippen molar-refractivity contribution in [3.05, 3.63) is 29.8 Å². The number of aliphatic carboxylic acids is 1. The molecule has 2 rings (SSSR count). The van der Waals surface area contributed by atoms with Crippen molar-refractivity contribution in [1.82, 2.24) is 14.9 Å². The van der Waals surface area contributed by atoms with Crippen LogP contribution in [0.15, 0.2) is 29.2 Å². The van der Waals surface area contributed by atoms with Crippen molar-refractivity contribution >= 4 is 39.6 Å². The molecule has 1 heterocycles. The fourth-order valence-corrected chi connectivity index (χ4v) is 4.83. The Morgan fingerprint density at radius 2 is 1.76 bits per heavy atom. The molecule has 0 spiro atoms. The first-order chi connectivity index (χ1) is 15.4. The van der Waals surface area contributed by atoms with E-state index in [9.17, 15) is 32.4 Å². The number of fused-ring (bicyclic) bond motifs is 1. The molecule has 13 heteroatoms. The Balaban J connectivity index is 1.78. The van der Waals surface area contributed by atoms with Gasteiger partial charge in [-0.05, 0) is 38.3 Å². The molecule has 0 unspecified atom stereocenters. The van der Waals surface area contributed by atoms with Crippen molar-refractivity contribution in [2.45, 2.75) is 56.0 Å². The smallest absolute Gasteiger partial charge is 0.303 e. The number of nitrogens with one attached hydrogen (secondary N) is 2. The van der Waals surface area contributed by atoms with E-state index < -0.39 is 51.7 Å². The van der Waals surface area contributed by atoms with E-state index in [4.69, 9.17) is 10.8 Å². The van der Waals surface area contributed by atoms with Gasteiger partial charge in [0.05, 0.1) is 5.56 Å². The van der Waals surface area contributed by atoms with Crippen LogP contribution in [0.4, 0.5) is 0 Å². The molecule has 0 saturated carbocycles. The molecule has 180 valence electrons. The van der Waals surface area contributed by atoms with Crippen LogP contribution in [0.2, 0.25) is 0 Å². The molecule has 0 aliphatic carbocycles. The van der Waals surface area contributed by atoms with Crippen molar-refractivity contribution in [2.24, 2.45) is 5.73 Å². The molecule has 12 nitrogen and oxygen atoms in total. The highest BCUT2D eigenvalue weighted by Gasteiger charge is 2.40. The minimum atomic E-state index is -3.90. The van der Waals surface area contributed by atoms with E-state index in [-0.39, 0.29) is 49.1 Å². The standard InChI is InChI=1S/C20H26N4O8S/c1-12(19(29)23-14(18(21)28)9-10-17(26)27)22-16(25)8-4-5-11-24-20(30)13-6-2-3-7-15(13)33(24,31)32/h2-3,6-7,12,14H,4-5,8-11H2,1H3,(H2,21,28)(H,22,25)(H,23,29)(H,26,27)/t12-,14-/m1/s1. The molecule has 0 bridgehead atoms. The fourth-order valence-electron chi connectivity index (χ4n) is 3.22. The number of carboxylic acids is 1. The highest BCUT2D eigenvalue weighted by Crippen LogP contribution is 2.30. The zero-order valence-corrected chi connectivity index (χ0v) is 18.8. The van der Waals surface area contributed by atoms with Crippen LogP contribution in [0.25, 0.3) is 0 Å². The van der Waals surface area contributed by atoms with E-state index in [1.54, 1.807) is 6.07 Å². The maximum atomic E-state index is 12.5. The summed E-state index contributed by atoms with van der Waals surface area (Å²) in [7, 11) is -3.90. The molecule has 1 aromatic carbocycles. The number of nitrogens with zero attached hydrogens (tertiary/aromatic N) is 1. The van der Waals surface area contributed by atoms with Gasteiger partial charge in [-0.3, -0.25) is 24.0 Å². The topological polar surface area (TPSA) is 193 Å². The van der Waals surface area contributed by atoms with E-state index in [0.717, 1.165) is 4.31 Å². The second-order valence-electron chi connectivity index (χ2n) is 7.52. The first-order valence-electron chi connectivity index (χ1n) is 10.2. The lowest BCUT2D eigenvalue weighted by molar-refractivity contribution is -0.137. The molecule has 1 aliphatic heterocycles. The highest BCUT2D eigenvalue weighted by molar-refractivity contribution is 7.90. The third-order valence-electron chi connectivity index (χ3n) is 5.00. The number of amides is 4. The van der Waals surface area contributed by atoms with Crippen molar-refractivity contribution in [3.8, 4) is 0 Å². The van der Waals surface area contributed by atoms with E-state index in [1.165, 1.54) is 25.1 Å². The summed E-state index contributed by atoms with van der Waals surface area (Å²) in [6.45, 7) is 1.30. The predicted octanol–water partition coefficient (Wildman–Crippen LogP) is -0.659. The molecule has 5 N–H and O–H groups in total. The lowest BCUT2D eigenvalue weighted by Gasteiger charge is -2.19. The Bertz CT molecular complexity index is 1060. The number of carbonyl (C=O) groups is 5. The van der Waals surface area contributed by atoms with Gasteiger partial charge >= 0.3 is 5.97 Å². The van der Waals surface area contributed by atoms with Gasteiger partial charge in [-0.2, -0.15) is 0 Å². The number of primary amides is 1. The molecule has 0 radical (unpaired) electrons. The minimum absolute atomic E-state index is 0.0229. The van der Waals surface area contributed by atoms with Crippen molar-refractivity contribution < 1.29 is 37.5 Å². The second kappa shape index (κ2) is 10.9. The maximum absolute atomic E-state index is 12.5. The van der Waals surface area contributed by atoms with Crippen LogP contribution in [0.3, 0.4) is 0 Å². The Kier molecular flexibility index (Phi) is 8.51. The normalized spacial score (nSPS) is 15.9. The number of rotatable bonds is 12. The molecule has 2 atom stereocenters. The zero-order valence-electron chi connectivity index (χ0n) is 17.9. The van der Waals surface area contributed by atoms with E-state index in [2.05, 4.69) is 10.6 Å². The lowest BCUT2D eigenvalue weighted by Crippen LogP contribution is -2.51. The fraction of sp³-hybridized carbons (Fsp3) is 0.450. The first-order valence-corrected chi connectivity index (χ1v) is 11.7. The van der Waals surface area contributed by atoms with Gasteiger partial charge in [0.2, 0.25) is 17.7 Å². The molecular formula is C20H26N4O8S. The van der Waals surface area contributed by atoms with Crippen LogP contribution in [-0.4, -0.2) is 66.1 Å². The van der Waals surface area contributed by atoms with Crippen molar-refractivity contribution in [3.63, 3.8) is 0 Å². The van der Waals surface area contributed by atoms with Gasteiger partial charge in [-0.25, -0.2) is 12.7 Å². The summed E-state index contributed by atoms with van der Waals surface area (Å²) in [5.41, 5.74) is 5.28.